The number of carbonyl (C=O) groups is 2. The highest BCUT2D eigenvalue weighted by molar-refractivity contribution is 5.77. The van der Waals surface area contributed by atoms with E-state index in [0.717, 1.165) is 6.54 Å². The molecule has 0 saturated carbocycles. The van der Waals surface area contributed by atoms with E-state index in [1.54, 1.807) is 0 Å². The second-order valence-corrected chi connectivity index (χ2v) is 3.58. The lowest BCUT2D eigenvalue weighted by Crippen LogP contribution is -2.20. The summed E-state index contributed by atoms with van der Waals surface area (Å²) in [5, 5.41) is 17.2. The summed E-state index contributed by atoms with van der Waals surface area (Å²) in [6, 6.07) is 0. The fourth-order valence-electron chi connectivity index (χ4n) is 1.18. The number of hydrogen-bond donors (Lipinski definition) is 2. The number of carboxylic acids is 2. The van der Waals surface area contributed by atoms with E-state index < -0.39 is 17.9 Å². The first-order chi connectivity index (χ1) is 6.43. The highest BCUT2D eigenvalue weighted by Gasteiger charge is 2.20. The number of aliphatic carboxylic acids is 2. The Hall–Kier alpha value is -1.10. The molecule has 0 aliphatic heterocycles. The molecule has 0 rings (SSSR count). The second kappa shape index (κ2) is 6.37. The Kier molecular flexibility index (Phi) is 5.87. The van der Waals surface area contributed by atoms with Gasteiger partial charge in [0, 0.05) is 0 Å². The van der Waals surface area contributed by atoms with Gasteiger partial charge in [-0.25, -0.2) is 0 Å². The van der Waals surface area contributed by atoms with Gasteiger partial charge < -0.3 is 15.1 Å². The summed E-state index contributed by atoms with van der Waals surface area (Å²) in [7, 11) is 3.79. The minimum atomic E-state index is -1.05. The van der Waals surface area contributed by atoms with Crippen LogP contribution < -0.4 is 0 Å². The maximum atomic E-state index is 10.6. The van der Waals surface area contributed by atoms with Crippen LogP contribution in [-0.4, -0.2) is 47.7 Å². The van der Waals surface area contributed by atoms with Crippen molar-refractivity contribution in [2.75, 3.05) is 20.6 Å². The van der Waals surface area contributed by atoms with Gasteiger partial charge in [-0.1, -0.05) is 0 Å². The fraction of sp³-hybridized carbons (Fsp3) is 0.778. The molecule has 0 bridgehead atoms. The van der Waals surface area contributed by atoms with Crippen molar-refractivity contribution in [2.24, 2.45) is 5.92 Å². The van der Waals surface area contributed by atoms with Crippen molar-refractivity contribution in [3.05, 3.63) is 0 Å². The molecule has 0 spiro atoms. The SMILES string of the molecule is CN(C)CCCC(CC(=O)O)C(=O)O. The molecule has 0 aromatic rings. The molecule has 82 valence electrons. The van der Waals surface area contributed by atoms with Gasteiger partial charge in [-0.3, -0.25) is 9.59 Å². The van der Waals surface area contributed by atoms with Gasteiger partial charge in [-0.2, -0.15) is 0 Å². The zero-order chi connectivity index (χ0) is 11.1. The van der Waals surface area contributed by atoms with Crippen molar-refractivity contribution in [1.82, 2.24) is 4.90 Å². The molecule has 14 heavy (non-hydrogen) atoms. The lowest BCUT2D eigenvalue weighted by Gasteiger charge is -2.12. The number of rotatable bonds is 7. The van der Waals surface area contributed by atoms with E-state index in [1.807, 2.05) is 19.0 Å². The molecule has 0 amide bonds. The van der Waals surface area contributed by atoms with E-state index in [4.69, 9.17) is 10.2 Å². The lowest BCUT2D eigenvalue weighted by atomic mass is 10.00. The minimum Gasteiger partial charge on any atom is -0.481 e. The van der Waals surface area contributed by atoms with Crippen LogP contribution in [0.25, 0.3) is 0 Å². The lowest BCUT2D eigenvalue weighted by molar-refractivity contribution is -0.148. The van der Waals surface area contributed by atoms with Crippen LogP contribution in [0.4, 0.5) is 0 Å². The van der Waals surface area contributed by atoms with Gasteiger partial charge in [0.15, 0.2) is 0 Å². The third-order valence-electron chi connectivity index (χ3n) is 1.93. The van der Waals surface area contributed by atoms with Crippen LogP contribution in [-0.2, 0) is 9.59 Å². The van der Waals surface area contributed by atoms with Crippen LogP contribution in [0, 0.1) is 5.92 Å². The van der Waals surface area contributed by atoms with E-state index in [2.05, 4.69) is 0 Å². The summed E-state index contributed by atoms with van der Waals surface area (Å²) in [6.07, 6.45) is 0.833. The smallest absolute Gasteiger partial charge is 0.307 e. The highest BCUT2D eigenvalue weighted by Crippen LogP contribution is 2.11. The molecule has 5 heteroatoms. The number of hydrogen-bond acceptors (Lipinski definition) is 3. The average Bonchev–Trinajstić information content (AvgIpc) is 2.00. The van der Waals surface area contributed by atoms with Crippen molar-refractivity contribution in [2.45, 2.75) is 19.3 Å². The molecule has 1 unspecified atom stereocenters. The Bertz CT molecular complexity index is 203. The van der Waals surface area contributed by atoms with Crippen molar-refractivity contribution >= 4 is 11.9 Å². The molecule has 0 aliphatic carbocycles. The molecular weight excluding hydrogens is 186 g/mol. The Morgan fingerprint density at radius 2 is 1.86 bits per heavy atom. The Balaban J connectivity index is 3.86. The van der Waals surface area contributed by atoms with Gasteiger partial charge in [-0.05, 0) is 33.5 Å². The number of carboxylic acid groups (broad SMARTS) is 2. The summed E-state index contributed by atoms with van der Waals surface area (Å²) in [5.74, 6) is -2.83. The Labute approximate surface area is 83.3 Å². The van der Waals surface area contributed by atoms with Gasteiger partial charge in [0.05, 0.1) is 12.3 Å². The molecule has 0 aromatic carbocycles. The van der Waals surface area contributed by atoms with Crippen LogP contribution in [0.1, 0.15) is 19.3 Å². The Morgan fingerprint density at radius 1 is 1.29 bits per heavy atom. The zero-order valence-electron chi connectivity index (χ0n) is 8.56. The summed E-state index contributed by atoms with van der Waals surface area (Å²) >= 11 is 0. The summed E-state index contributed by atoms with van der Waals surface area (Å²) in [6.45, 7) is 0.781. The highest BCUT2D eigenvalue weighted by atomic mass is 16.4. The zero-order valence-corrected chi connectivity index (χ0v) is 8.56. The van der Waals surface area contributed by atoms with Gasteiger partial charge in [-0.15, -0.1) is 0 Å². The first kappa shape index (κ1) is 12.9. The van der Waals surface area contributed by atoms with Crippen LogP contribution >= 0.6 is 0 Å². The number of nitrogens with zero attached hydrogens (tertiary/aromatic N) is 1. The molecule has 0 saturated heterocycles. The topological polar surface area (TPSA) is 77.8 Å². The molecule has 0 heterocycles. The molecule has 5 nitrogen and oxygen atoms in total. The largest absolute Gasteiger partial charge is 0.481 e. The van der Waals surface area contributed by atoms with Gasteiger partial charge >= 0.3 is 11.9 Å². The predicted octanol–water partition coefficient (Wildman–Crippen LogP) is 0.504. The molecule has 0 aliphatic rings. The third kappa shape index (κ3) is 6.42. The summed E-state index contributed by atoms with van der Waals surface area (Å²) in [4.78, 5) is 22.9. The first-order valence-electron chi connectivity index (χ1n) is 4.52. The second-order valence-electron chi connectivity index (χ2n) is 3.58. The van der Waals surface area contributed by atoms with Crippen molar-refractivity contribution < 1.29 is 19.8 Å². The van der Waals surface area contributed by atoms with Crippen molar-refractivity contribution in [3.8, 4) is 0 Å². The normalized spacial score (nSPS) is 12.8. The van der Waals surface area contributed by atoms with Gasteiger partial charge in [0.25, 0.3) is 0 Å². The maximum absolute atomic E-state index is 10.6. The monoisotopic (exact) mass is 203 g/mol. The van der Waals surface area contributed by atoms with E-state index in [9.17, 15) is 9.59 Å². The maximum Gasteiger partial charge on any atom is 0.307 e. The first-order valence-corrected chi connectivity index (χ1v) is 4.52. The van der Waals surface area contributed by atoms with E-state index in [1.165, 1.54) is 0 Å². The van der Waals surface area contributed by atoms with Crippen molar-refractivity contribution in [3.63, 3.8) is 0 Å². The van der Waals surface area contributed by atoms with E-state index >= 15 is 0 Å². The molecular formula is C9H17NO4. The molecule has 0 aromatic heterocycles. The van der Waals surface area contributed by atoms with Gasteiger partial charge in [0.1, 0.15) is 0 Å². The fourth-order valence-corrected chi connectivity index (χ4v) is 1.18. The third-order valence-corrected chi connectivity index (χ3v) is 1.93. The van der Waals surface area contributed by atoms with Crippen molar-refractivity contribution in [1.29, 1.82) is 0 Å². The van der Waals surface area contributed by atoms with Crippen LogP contribution in [0.2, 0.25) is 0 Å². The predicted molar refractivity (Wildman–Crippen MR) is 51.2 cm³/mol. The summed E-state index contributed by atoms with van der Waals surface area (Å²) < 4.78 is 0. The Morgan fingerprint density at radius 3 is 2.21 bits per heavy atom. The molecule has 1 atom stereocenters. The van der Waals surface area contributed by atoms with Gasteiger partial charge in [0.2, 0.25) is 0 Å². The van der Waals surface area contributed by atoms with E-state index in [-0.39, 0.29) is 6.42 Å². The average molecular weight is 203 g/mol. The van der Waals surface area contributed by atoms with Crippen LogP contribution in [0.3, 0.4) is 0 Å². The van der Waals surface area contributed by atoms with E-state index in [0.29, 0.717) is 12.8 Å². The quantitative estimate of drug-likeness (QED) is 0.630. The molecule has 0 radical (unpaired) electrons. The standard InChI is InChI=1S/C9H17NO4/c1-10(2)5-3-4-7(9(13)14)6-8(11)12/h7H,3-6H2,1-2H3,(H,11,12)(H,13,14). The van der Waals surface area contributed by atoms with Crippen LogP contribution in [0.5, 0.6) is 0 Å². The molecule has 2 N–H and O–H groups in total. The summed E-state index contributed by atoms with van der Waals surface area (Å²) in [5.41, 5.74) is 0. The minimum absolute atomic E-state index is 0.289. The van der Waals surface area contributed by atoms with Crippen LogP contribution in [0.15, 0.2) is 0 Å². The molecule has 0 fully saturated rings.